The lowest BCUT2D eigenvalue weighted by Crippen LogP contribution is -3.05. The number of hydrogen-bond acceptors (Lipinski definition) is 3. The first-order valence-electron chi connectivity index (χ1n) is 7.48. The molecule has 2 rings (SSSR count). The minimum absolute atomic E-state index is 0.195. The standard InChI is InChI=1S/C17H26N2O2/c1-16(2)9-13(10-17(3,4)19-16)18-11-12-8-14(21-5)6-7-15(12)20/h6-8,11,13,19-20H,9-10H2,1-5H3/p+1. The van der Waals surface area contributed by atoms with Crippen molar-refractivity contribution in [1.29, 1.82) is 0 Å². The van der Waals surface area contributed by atoms with Gasteiger partial charge in [0.2, 0.25) is 0 Å². The Morgan fingerprint density at radius 3 is 2.43 bits per heavy atom. The molecule has 0 bridgehead atoms. The molecule has 0 saturated carbocycles. The highest BCUT2D eigenvalue weighted by atomic mass is 16.5. The van der Waals surface area contributed by atoms with Gasteiger partial charge in [-0.05, 0) is 45.9 Å². The van der Waals surface area contributed by atoms with Crippen LogP contribution in [0.3, 0.4) is 0 Å². The molecule has 4 nitrogen and oxygen atoms in total. The van der Waals surface area contributed by atoms with Gasteiger partial charge in [0.15, 0.2) is 0 Å². The molecule has 116 valence electrons. The van der Waals surface area contributed by atoms with Crippen LogP contribution in [0.4, 0.5) is 0 Å². The first-order chi connectivity index (χ1) is 9.71. The van der Waals surface area contributed by atoms with Gasteiger partial charge >= 0.3 is 0 Å². The Morgan fingerprint density at radius 2 is 1.86 bits per heavy atom. The molecule has 1 heterocycles. The molecule has 0 spiro atoms. The van der Waals surface area contributed by atoms with Crippen LogP contribution in [0.15, 0.2) is 23.2 Å². The second kappa shape index (κ2) is 5.68. The van der Waals surface area contributed by atoms with Crippen molar-refractivity contribution in [2.75, 3.05) is 7.11 Å². The highest BCUT2D eigenvalue weighted by molar-refractivity contribution is 5.84. The number of benzene rings is 1. The van der Waals surface area contributed by atoms with Gasteiger partial charge in [-0.3, -0.25) is 4.99 Å². The fraction of sp³-hybridized carbons (Fsp3) is 0.588. The highest BCUT2D eigenvalue weighted by Crippen LogP contribution is 2.25. The number of aromatic hydroxyl groups is 1. The number of quaternary nitrogens is 1. The van der Waals surface area contributed by atoms with Crippen LogP contribution in [-0.4, -0.2) is 35.6 Å². The van der Waals surface area contributed by atoms with Crippen LogP contribution >= 0.6 is 0 Å². The van der Waals surface area contributed by atoms with E-state index in [-0.39, 0.29) is 22.9 Å². The summed E-state index contributed by atoms with van der Waals surface area (Å²) < 4.78 is 5.19. The lowest BCUT2D eigenvalue weighted by molar-refractivity contribution is -0.787. The fourth-order valence-corrected chi connectivity index (χ4v) is 3.52. The van der Waals surface area contributed by atoms with Crippen LogP contribution in [0, 0.1) is 0 Å². The number of hydrogen-bond donors (Lipinski definition) is 2. The maximum atomic E-state index is 9.91. The number of ether oxygens (including phenoxy) is 1. The zero-order valence-electron chi connectivity index (χ0n) is 13.7. The van der Waals surface area contributed by atoms with Crippen LogP contribution < -0.4 is 10.1 Å². The predicted octanol–water partition coefficient (Wildman–Crippen LogP) is 2.10. The largest absolute Gasteiger partial charge is 0.507 e. The SMILES string of the molecule is COc1ccc(O)c(C=NC2CC(C)(C)[NH2+]C(C)(C)C2)c1. The van der Waals surface area contributed by atoms with Gasteiger partial charge in [-0.15, -0.1) is 0 Å². The van der Waals surface area contributed by atoms with E-state index in [1.807, 2.05) is 6.07 Å². The number of nitrogens with two attached hydrogens (primary N) is 1. The van der Waals surface area contributed by atoms with Gasteiger partial charge in [0.25, 0.3) is 0 Å². The molecule has 1 aliphatic rings. The van der Waals surface area contributed by atoms with Gasteiger partial charge in [0, 0.05) is 24.6 Å². The third-order valence-corrected chi connectivity index (χ3v) is 3.96. The monoisotopic (exact) mass is 291 g/mol. The van der Waals surface area contributed by atoms with Crippen LogP contribution in [0.2, 0.25) is 0 Å². The number of phenolic OH excluding ortho intramolecular Hbond substituents is 1. The van der Waals surface area contributed by atoms with E-state index in [4.69, 9.17) is 9.73 Å². The van der Waals surface area contributed by atoms with Crippen LogP contribution in [0.25, 0.3) is 0 Å². The Kier molecular flexibility index (Phi) is 4.28. The number of methoxy groups -OCH3 is 1. The van der Waals surface area contributed by atoms with Crippen LogP contribution in [-0.2, 0) is 0 Å². The van der Waals surface area contributed by atoms with E-state index in [1.165, 1.54) is 0 Å². The zero-order valence-corrected chi connectivity index (χ0v) is 13.7. The molecule has 1 aromatic rings. The van der Waals surface area contributed by atoms with E-state index >= 15 is 0 Å². The molecule has 0 unspecified atom stereocenters. The van der Waals surface area contributed by atoms with Crippen molar-refractivity contribution in [2.24, 2.45) is 4.99 Å². The van der Waals surface area contributed by atoms with Crippen LogP contribution in [0.5, 0.6) is 11.5 Å². The van der Waals surface area contributed by atoms with Crippen molar-refractivity contribution in [1.82, 2.24) is 0 Å². The van der Waals surface area contributed by atoms with E-state index in [1.54, 1.807) is 25.5 Å². The molecule has 4 heteroatoms. The van der Waals surface area contributed by atoms with Gasteiger partial charge in [-0.25, -0.2) is 0 Å². The topological polar surface area (TPSA) is 58.4 Å². The molecule has 3 N–H and O–H groups in total. The molecule has 0 radical (unpaired) electrons. The Labute approximate surface area is 127 Å². The lowest BCUT2D eigenvalue weighted by Gasteiger charge is -2.41. The van der Waals surface area contributed by atoms with Crippen molar-refractivity contribution < 1.29 is 15.2 Å². The van der Waals surface area contributed by atoms with Crippen molar-refractivity contribution in [3.63, 3.8) is 0 Å². The fourth-order valence-electron chi connectivity index (χ4n) is 3.52. The number of rotatable bonds is 3. The Bertz CT molecular complexity index is 520. The number of aliphatic imine (C=N–C) groups is 1. The molecule has 1 fully saturated rings. The first kappa shape index (κ1) is 15.8. The van der Waals surface area contributed by atoms with Gasteiger partial charge in [-0.1, -0.05) is 0 Å². The molecular formula is C17H27N2O2+. The molecule has 1 aliphatic heterocycles. The summed E-state index contributed by atoms with van der Waals surface area (Å²) in [5.41, 5.74) is 1.10. The van der Waals surface area contributed by atoms with Gasteiger partial charge < -0.3 is 15.2 Å². The molecule has 0 aliphatic carbocycles. The summed E-state index contributed by atoms with van der Waals surface area (Å²) >= 11 is 0. The van der Waals surface area contributed by atoms with E-state index in [0.717, 1.165) is 18.6 Å². The second-order valence-corrected chi connectivity index (χ2v) is 7.39. The van der Waals surface area contributed by atoms with Crippen molar-refractivity contribution in [3.05, 3.63) is 23.8 Å². The summed E-state index contributed by atoms with van der Waals surface area (Å²) in [4.78, 5) is 4.72. The Morgan fingerprint density at radius 1 is 1.24 bits per heavy atom. The minimum atomic E-state index is 0.195. The average molecular weight is 291 g/mol. The van der Waals surface area contributed by atoms with E-state index in [2.05, 4.69) is 33.0 Å². The van der Waals surface area contributed by atoms with E-state index in [9.17, 15) is 5.11 Å². The van der Waals surface area contributed by atoms with Crippen molar-refractivity contribution in [2.45, 2.75) is 57.7 Å². The quantitative estimate of drug-likeness (QED) is 0.838. The summed E-state index contributed by atoms with van der Waals surface area (Å²) in [6.07, 6.45) is 3.86. The molecule has 0 amide bonds. The summed E-state index contributed by atoms with van der Waals surface area (Å²) in [6, 6.07) is 5.48. The molecule has 0 atom stereocenters. The van der Waals surface area contributed by atoms with E-state index < -0.39 is 0 Å². The number of phenols is 1. The Hall–Kier alpha value is -1.55. The normalized spacial score (nSPS) is 21.6. The molecule has 1 aromatic carbocycles. The molecule has 0 aromatic heterocycles. The highest BCUT2D eigenvalue weighted by Gasteiger charge is 2.41. The van der Waals surface area contributed by atoms with Gasteiger partial charge in [0.05, 0.1) is 24.2 Å². The number of nitrogens with zero attached hydrogens (tertiary/aromatic N) is 1. The first-order valence-corrected chi connectivity index (χ1v) is 7.48. The molecule has 21 heavy (non-hydrogen) atoms. The molecule has 1 saturated heterocycles. The van der Waals surface area contributed by atoms with Crippen molar-refractivity contribution in [3.8, 4) is 11.5 Å². The van der Waals surface area contributed by atoms with Gasteiger partial charge in [0.1, 0.15) is 11.5 Å². The summed E-state index contributed by atoms with van der Waals surface area (Å²) in [5.74, 6) is 0.965. The average Bonchev–Trinajstić information content (AvgIpc) is 2.34. The predicted molar refractivity (Wildman–Crippen MR) is 85.4 cm³/mol. The minimum Gasteiger partial charge on any atom is -0.507 e. The Balaban J connectivity index is 2.17. The van der Waals surface area contributed by atoms with Gasteiger partial charge in [-0.2, -0.15) is 0 Å². The maximum absolute atomic E-state index is 9.91. The van der Waals surface area contributed by atoms with Crippen molar-refractivity contribution >= 4 is 6.21 Å². The van der Waals surface area contributed by atoms with E-state index in [0.29, 0.717) is 5.56 Å². The summed E-state index contributed by atoms with van der Waals surface area (Å²) in [7, 11) is 1.62. The third-order valence-electron chi connectivity index (χ3n) is 3.96. The summed E-state index contributed by atoms with van der Waals surface area (Å²) in [5, 5.41) is 12.4. The maximum Gasteiger partial charge on any atom is 0.124 e. The lowest BCUT2D eigenvalue weighted by atomic mass is 9.80. The smallest absolute Gasteiger partial charge is 0.124 e. The number of piperidine rings is 1. The third kappa shape index (κ3) is 4.21. The zero-order chi connectivity index (χ0) is 15.7. The second-order valence-electron chi connectivity index (χ2n) is 7.39. The summed E-state index contributed by atoms with van der Waals surface area (Å²) in [6.45, 7) is 9.05. The van der Waals surface area contributed by atoms with Crippen LogP contribution in [0.1, 0.15) is 46.1 Å². The molecular weight excluding hydrogens is 264 g/mol.